The second-order valence-electron chi connectivity index (χ2n) is 12.3. The Kier molecular flexibility index (Phi) is 5.71. The highest BCUT2D eigenvalue weighted by Gasteiger charge is 2.27. The molecule has 10 rings (SSSR count). The zero-order chi connectivity index (χ0) is 30.9. The van der Waals surface area contributed by atoms with E-state index < -0.39 is 0 Å². The quantitative estimate of drug-likeness (QED) is 0.211. The first kappa shape index (κ1) is 26.2. The smallest absolute Gasteiger partial charge is 0.137 e. The predicted octanol–water partition coefficient (Wildman–Crippen LogP) is 9.32. The molecular formula is C42H29N5. The summed E-state index contributed by atoms with van der Waals surface area (Å²) in [4.78, 5) is 10.2. The number of rotatable bonds is 4. The summed E-state index contributed by atoms with van der Waals surface area (Å²) in [6.45, 7) is 0. The average molecular weight is 604 g/mol. The summed E-state index contributed by atoms with van der Waals surface area (Å²) in [7, 11) is 0. The van der Waals surface area contributed by atoms with Crippen LogP contribution in [0.25, 0.3) is 60.6 Å². The molecule has 0 bridgehead atoms. The molecule has 1 aliphatic heterocycles. The number of hydrogen-bond acceptors (Lipinski definition) is 4. The number of nitrogens with zero attached hydrogens (tertiary/aromatic N) is 3. The number of fused-ring (bicyclic) bond motifs is 2. The van der Waals surface area contributed by atoms with Crippen molar-refractivity contribution < 1.29 is 0 Å². The molecule has 0 spiro atoms. The van der Waals surface area contributed by atoms with Crippen molar-refractivity contribution in [2.45, 2.75) is 12.3 Å². The minimum Gasteiger partial charge on any atom is -0.350 e. The van der Waals surface area contributed by atoms with Gasteiger partial charge in [0.2, 0.25) is 0 Å². The molecule has 0 saturated heterocycles. The SMILES string of the molecule is c1ccc(C2N=C(c3ccc(-n4c5cccc6c5c5c(cccc54)-c4cccc5cccc-6c45)nc3)NC(c3ccccc3)N2)cc1. The largest absolute Gasteiger partial charge is 0.350 e. The number of aromatic nitrogens is 2. The van der Waals surface area contributed by atoms with Crippen LogP contribution in [0.1, 0.15) is 29.0 Å². The van der Waals surface area contributed by atoms with E-state index in [1.165, 1.54) is 43.8 Å². The van der Waals surface area contributed by atoms with E-state index in [-0.39, 0.29) is 12.3 Å². The van der Waals surface area contributed by atoms with E-state index in [9.17, 15) is 0 Å². The Morgan fingerprint density at radius 2 is 1.09 bits per heavy atom. The van der Waals surface area contributed by atoms with E-state index in [0.29, 0.717) is 0 Å². The van der Waals surface area contributed by atoms with Gasteiger partial charge in [-0.2, -0.15) is 0 Å². The van der Waals surface area contributed by atoms with Crippen LogP contribution in [0.5, 0.6) is 0 Å². The van der Waals surface area contributed by atoms with Crippen LogP contribution in [0.3, 0.4) is 0 Å². The molecule has 8 aromatic rings. The lowest BCUT2D eigenvalue weighted by Crippen LogP contribution is -2.45. The molecule has 47 heavy (non-hydrogen) atoms. The Balaban J connectivity index is 1.12. The number of amidine groups is 1. The van der Waals surface area contributed by atoms with Crippen LogP contribution < -0.4 is 10.6 Å². The van der Waals surface area contributed by atoms with E-state index in [4.69, 9.17) is 9.98 Å². The number of pyridine rings is 1. The second kappa shape index (κ2) is 10.2. The molecular weight excluding hydrogens is 574 g/mol. The van der Waals surface area contributed by atoms with Crippen LogP contribution >= 0.6 is 0 Å². The van der Waals surface area contributed by atoms with Crippen LogP contribution in [-0.2, 0) is 0 Å². The molecule has 6 aromatic carbocycles. The van der Waals surface area contributed by atoms with E-state index >= 15 is 0 Å². The first-order valence-electron chi connectivity index (χ1n) is 16.1. The Morgan fingerprint density at radius 1 is 0.511 bits per heavy atom. The van der Waals surface area contributed by atoms with Crippen molar-refractivity contribution in [2.24, 2.45) is 4.99 Å². The maximum atomic E-state index is 5.12. The molecule has 1 aliphatic carbocycles. The van der Waals surface area contributed by atoms with Gasteiger partial charge in [-0.15, -0.1) is 0 Å². The van der Waals surface area contributed by atoms with E-state index in [0.717, 1.165) is 39.4 Å². The van der Waals surface area contributed by atoms with Gasteiger partial charge in [0.1, 0.15) is 24.0 Å². The molecule has 222 valence electrons. The molecule has 0 saturated carbocycles. The highest BCUT2D eigenvalue weighted by Crippen LogP contribution is 2.49. The van der Waals surface area contributed by atoms with Gasteiger partial charge in [0, 0.05) is 22.5 Å². The van der Waals surface area contributed by atoms with Gasteiger partial charge in [-0.25, -0.2) is 9.98 Å². The van der Waals surface area contributed by atoms with E-state index in [2.05, 4.69) is 149 Å². The van der Waals surface area contributed by atoms with Gasteiger partial charge < -0.3 is 5.32 Å². The number of hydrogen-bond donors (Lipinski definition) is 2. The third-order valence-corrected chi connectivity index (χ3v) is 9.66. The molecule has 5 nitrogen and oxygen atoms in total. The number of benzene rings is 6. The van der Waals surface area contributed by atoms with Gasteiger partial charge in [-0.05, 0) is 68.4 Å². The van der Waals surface area contributed by atoms with Crippen LogP contribution in [0.15, 0.2) is 157 Å². The summed E-state index contributed by atoms with van der Waals surface area (Å²) >= 11 is 0. The van der Waals surface area contributed by atoms with Crippen molar-refractivity contribution in [3.8, 4) is 28.1 Å². The highest BCUT2D eigenvalue weighted by molar-refractivity contribution is 6.27. The predicted molar refractivity (Wildman–Crippen MR) is 192 cm³/mol. The van der Waals surface area contributed by atoms with E-state index in [1.807, 2.05) is 18.3 Å². The van der Waals surface area contributed by atoms with Gasteiger partial charge >= 0.3 is 0 Å². The van der Waals surface area contributed by atoms with Crippen LogP contribution in [0.2, 0.25) is 0 Å². The van der Waals surface area contributed by atoms with Gasteiger partial charge in [-0.1, -0.05) is 121 Å². The van der Waals surface area contributed by atoms with Crippen molar-refractivity contribution >= 4 is 38.4 Å². The topological polar surface area (TPSA) is 54.2 Å². The molecule has 2 aromatic heterocycles. The minimum atomic E-state index is -0.190. The van der Waals surface area contributed by atoms with Gasteiger partial charge in [0.15, 0.2) is 0 Å². The summed E-state index contributed by atoms with van der Waals surface area (Å²) in [5, 5.41) is 12.4. The van der Waals surface area contributed by atoms with Crippen molar-refractivity contribution in [1.29, 1.82) is 0 Å². The maximum absolute atomic E-state index is 5.12. The fourth-order valence-corrected chi connectivity index (χ4v) is 7.58. The number of aliphatic imine (C=N–C) groups is 1. The second-order valence-corrected chi connectivity index (χ2v) is 12.3. The van der Waals surface area contributed by atoms with Gasteiger partial charge in [0.05, 0.1) is 11.0 Å². The summed E-state index contributed by atoms with van der Waals surface area (Å²) in [6.07, 6.45) is 1.66. The average Bonchev–Trinajstić information content (AvgIpc) is 3.43. The molecule has 0 fully saturated rings. The van der Waals surface area contributed by atoms with Crippen molar-refractivity contribution in [1.82, 2.24) is 20.2 Å². The Morgan fingerprint density at radius 3 is 1.68 bits per heavy atom. The summed E-state index contributed by atoms with van der Waals surface area (Å²) in [6, 6.07) is 51.7. The third-order valence-electron chi connectivity index (χ3n) is 9.66. The van der Waals surface area contributed by atoms with Crippen LogP contribution in [-0.4, -0.2) is 15.4 Å². The number of nitrogens with one attached hydrogen (secondary N) is 2. The molecule has 2 N–H and O–H groups in total. The lowest BCUT2D eigenvalue weighted by molar-refractivity contribution is 0.409. The minimum absolute atomic E-state index is 0.0966. The summed E-state index contributed by atoms with van der Waals surface area (Å²) < 4.78 is 2.31. The summed E-state index contributed by atoms with van der Waals surface area (Å²) in [5.74, 6) is 1.69. The van der Waals surface area contributed by atoms with Gasteiger partial charge in [0.25, 0.3) is 0 Å². The lowest BCUT2D eigenvalue weighted by atomic mass is 9.93. The van der Waals surface area contributed by atoms with E-state index in [1.54, 1.807) is 0 Å². The molecule has 2 unspecified atom stereocenters. The molecule has 0 amide bonds. The van der Waals surface area contributed by atoms with Crippen molar-refractivity contribution in [3.05, 3.63) is 168 Å². The maximum Gasteiger partial charge on any atom is 0.137 e. The normalized spacial score (nSPS) is 16.7. The van der Waals surface area contributed by atoms with Crippen LogP contribution in [0.4, 0.5) is 0 Å². The molecule has 0 radical (unpaired) electrons. The monoisotopic (exact) mass is 603 g/mol. The molecule has 2 aliphatic rings. The van der Waals surface area contributed by atoms with Crippen LogP contribution in [0, 0.1) is 0 Å². The first-order chi connectivity index (χ1) is 23.3. The Hall–Kier alpha value is -6.04. The molecule has 3 heterocycles. The molecule has 2 atom stereocenters. The molecule has 5 heteroatoms. The van der Waals surface area contributed by atoms with Crippen molar-refractivity contribution in [2.75, 3.05) is 0 Å². The zero-order valence-corrected chi connectivity index (χ0v) is 25.4. The van der Waals surface area contributed by atoms with Crippen molar-refractivity contribution in [3.63, 3.8) is 0 Å². The summed E-state index contributed by atoms with van der Waals surface area (Å²) in [5.41, 5.74) is 10.6. The highest BCUT2D eigenvalue weighted by atomic mass is 15.3. The standard InChI is InChI=1S/C42H29N5/c1-3-11-27(12-4-1)40-44-41(28-13-5-2-6-14-28)46-42(45-40)29-23-24-36(43-25-29)47-34-21-9-19-32-30-17-7-15-26-16-8-18-31(37(26)30)33-20-10-22-35(47)39(33)38(32)34/h1-25,40-41,44H,(H,45,46). The van der Waals surface area contributed by atoms with Gasteiger partial charge in [-0.3, -0.25) is 9.88 Å². The first-order valence-corrected chi connectivity index (χ1v) is 16.1. The zero-order valence-electron chi connectivity index (χ0n) is 25.4. The third kappa shape index (κ3) is 4.00. The Bertz CT molecular complexity index is 2420. The Labute approximate surface area is 271 Å². The lowest BCUT2D eigenvalue weighted by Gasteiger charge is -2.32. The fourth-order valence-electron chi connectivity index (χ4n) is 7.58. The fraction of sp³-hybridized carbons (Fsp3) is 0.0476.